The van der Waals surface area contributed by atoms with Crippen LogP contribution in [-0.2, 0) is 13.0 Å². The van der Waals surface area contributed by atoms with Crippen LogP contribution in [0.1, 0.15) is 58.7 Å². The van der Waals surface area contributed by atoms with Gasteiger partial charge in [-0.1, -0.05) is 12.1 Å². The fourth-order valence-electron chi connectivity index (χ4n) is 2.78. The first-order chi connectivity index (χ1) is 9.96. The van der Waals surface area contributed by atoms with E-state index in [1.54, 1.807) is 0 Å². The minimum atomic E-state index is 0.198. The summed E-state index contributed by atoms with van der Waals surface area (Å²) >= 11 is 0. The summed E-state index contributed by atoms with van der Waals surface area (Å²) < 4.78 is 5.35. The molecule has 5 nitrogen and oxygen atoms in total. The average Bonchev–Trinajstić information content (AvgIpc) is 2.84. The number of aromatic nitrogens is 2. The summed E-state index contributed by atoms with van der Waals surface area (Å²) in [6, 6.07) is 0. The van der Waals surface area contributed by atoms with Crippen LogP contribution in [0.2, 0.25) is 0 Å². The molecular weight excluding hydrogens is 264 g/mol. The van der Waals surface area contributed by atoms with Gasteiger partial charge in [-0.25, -0.2) is 0 Å². The number of nitrogens with zero attached hydrogens (tertiary/aromatic N) is 3. The van der Waals surface area contributed by atoms with Crippen molar-refractivity contribution in [3.8, 4) is 0 Å². The minimum absolute atomic E-state index is 0.198. The molecule has 0 spiro atoms. The molecule has 1 N–H and O–H groups in total. The standard InChI is InChI=1S/C16H30N4O/c1-5-7-14-18-15(21-19-14)12-20-9-6-8-13(11-20)10-17-16(2,3)4/h13,17H,5-12H2,1-4H3. The molecule has 1 aliphatic rings. The van der Waals surface area contributed by atoms with E-state index in [0.717, 1.165) is 56.7 Å². The molecule has 1 unspecified atom stereocenters. The van der Waals surface area contributed by atoms with E-state index in [-0.39, 0.29) is 5.54 Å². The van der Waals surface area contributed by atoms with Gasteiger partial charge in [0.2, 0.25) is 5.89 Å². The predicted molar refractivity (Wildman–Crippen MR) is 84.0 cm³/mol. The molecule has 1 aliphatic heterocycles. The molecule has 0 radical (unpaired) electrons. The van der Waals surface area contributed by atoms with Crippen LogP contribution in [0.15, 0.2) is 4.52 Å². The Kier molecular flexibility index (Phi) is 5.76. The molecule has 1 aromatic rings. The van der Waals surface area contributed by atoms with Crippen molar-refractivity contribution < 1.29 is 4.52 Å². The van der Waals surface area contributed by atoms with Gasteiger partial charge in [-0.05, 0) is 59.0 Å². The van der Waals surface area contributed by atoms with Gasteiger partial charge >= 0.3 is 0 Å². The van der Waals surface area contributed by atoms with Crippen molar-refractivity contribution in [1.29, 1.82) is 0 Å². The van der Waals surface area contributed by atoms with Gasteiger partial charge in [0.05, 0.1) is 6.54 Å². The van der Waals surface area contributed by atoms with Crippen LogP contribution >= 0.6 is 0 Å². The molecule has 0 amide bonds. The maximum Gasteiger partial charge on any atom is 0.240 e. The van der Waals surface area contributed by atoms with E-state index in [1.165, 1.54) is 12.8 Å². The average molecular weight is 294 g/mol. The molecule has 0 saturated carbocycles. The topological polar surface area (TPSA) is 54.2 Å². The molecule has 5 heteroatoms. The van der Waals surface area contributed by atoms with Crippen molar-refractivity contribution in [3.05, 3.63) is 11.7 Å². The van der Waals surface area contributed by atoms with Gasteiger partial charge in [0.15, 0.2) is 5.82 Å². The van der Waals surface area contributed by atoms with Crippen LogP contribution in [0.3, 0.4) is 0 Å². The molecule has 0 aliphatic carbocycles. The molecule has 2 heterocycles. The minimum Gasteiger partial charge on any atom is -0.338 e. The summed E-state index contributed by atoms with van der Waals surface area (Å²) in [7, 11) is 0. The first-order valence-electron chi connectivity index (χ1n) is 8.25. The second-order valence-corrected chi connectivity index (χ2v) is 7.23. The van der Waals surface area contributed by atoms with Crippen LogP contribution in [0.5, 0.6) is 0 Å². The first kappa shape index (κ1) is 16.4. The lowest BCUT2D eigenvalue weighted by Crippen LogP contribution is -2.44. The van der Waals surface area contributed by atoms with E-state index in [0.29, 0.717) is 0 Å². The van der Waals surface area contributed by atoms with Gasteiger partial charge in [0.1, 0.15) is 0 Å². The molecule has 1 saturated heterocycles. The first-order valence-corrected chi connectivity index (χ1v) is 8.25. The maximum absolute atomic E-state index is 5.35. The van der Waals surface area contributed by atoms with Gasteiger partial charge in [0, 0.05) is 18.5 Å². The van der Waals surface area contributed by atoms with E-state index in [4.69, 9.17) is 4.52 Å². The van der Waals surface area contributed by atoms with Gasteiger partial charge in [-0.2, -0.15) is 4.98 Å². The highest BCUT2D eigenvalue weighted by Crippen LogP contribution is 2.18. The number of hydrogen-bond donors (Lipinski definition) is 1. The SMILES string of the molecule is CCCc1noc(CN2CCCC(CNC(C)(C)C)C2)n1. The summed E-state index contributed by atoms with van der Waals surface area (Å²) in [4.78, 5) is 6.92. The smallest absolute Gasteiger partial charge is 0.240 e. The van der Waals surface area contributed by atoms with E-state index in [1.807, 2.05) is 0 Å². The molecule has 21 heavy (non-hydrogen) atoms. The van der Waals surface area contributed by atoms with Crippen molar-refractivity contribution in [2.75, 3.05) is 19.6 Å². The predicted octanol–water partition coefficient (Wildman–Crippen LogP) is 2.62. The Morgan fingerprint density at radius 2 is 2.19 bits per heavy atom. The number of likely N-dealkylation sites (tertiary alicyclic amines) is 1. The van der Waals surface area contributed by atoms with Gasteiger partial charge in [-0.3, -0.25) is 4.90 Å². The van der Waals surface area contributed by atoms with Crippen LogP contribution < -0.4 is 5.32 Å². The summed E-state index contributed by atoms with van der Waals surface area (Å²) in [5, 5.41) is 7.65. The number of hydrogen-bond acceptors (Lipinski definition) is 5. The van der Waals surface area contributed by atoms with E-state index >= 15 is 0 Å². The fourth-order valence-corrected chi connectivity index (χ4v) is 2.78. The summed E-state index contributed by atoms with van der Waals surface area (Å²) in [5.41, 5.74) is 0.198. The van der Waals surface area contributed by atoms with Crippen LogP contribution in [0.4, 0.5) is 0 Å². The molecule has 1 atom stereocenters. The largest absolute Gasteiger partial charge is 0.338 e. The molecular formula is C16H30N4O. The zero-order valence-electron chi connectivity index (χ0n) is 14.0. The summed E-state index contributed by atoms with van der Waals surface area (Å²) in [5.74, 6) is 2.33. The molecule has 1 aromatic heterocycles. The van der Waals surface area contributed by atoms with Crippen molar-refractivity contribution >= 4 is 0 Å². The summed E-state index contributed by atoms with van der Waals surface area (Å²) in [6.45, 7) is 12.9. The molecule has 0 aromatic carbocycles. The van der Waals surface area contributed by atoms with Gasteiger partial charge < -0.3 is 9.84 Å². The Balaban J connectivity index is 1.80. The highest BCUT2D eigenvalue weighted by Gasteiger charge is 2.23. The quantitative estimate of drug-likeness (QED) is 0.874. The molecule has 120 valence electrons. The zero-order valence-corrected chi connectivity index (χ0v) is 14.0. The summed E-state index contributed by atoms with van der Waals surface area (Å²) in [6.07, 6.45) is 4.53. The third kappa shape index (κ3) is 5.75. The van der Waals surface area contributed by atoms with Crippen molar-refractivity contribution in [2.45, 2.75) is 65.5 Å². The number of piperidine rings is 1. The normalized spacial score (nSPS) is 20.9. The van der Waals surface area contributed by atoms with E-state index in [2.05, 4.69) is 48.1 Å². The lowest BCUT2D eigenvalue weighted by molar-refractivity contribution is 0.144. The third-order valence-electron chi connectivity index (χ3n) is 3.87. The Morgan fingerprint density at radius 3 is 2.90 bits per heavy atom. The lowest BCUT2D eigenvalue weighted by atomic mass is 9.96. The highest BCUT2D eigenvalue weighted by atomic mass is 16.5. The maximum atomic E-state index is 5.35. The Bertz CT molecular complexity index is 424. The third-order valence-corrected chi connectivity index (χ3v) is 3.87. The second kappa shape index (κ2) is 7.36. The van der Waals surface area contributed by atoms with Gasteiger partial charge in [0.25, 0.3) is 0 Å². The molecule has 0 bridgehead atoms. The monoisotopic (exact) mass is 294 g/mol. The van der Waals surface area contributed by atoms with Crippen molar-refractivity contribution in [2.24, 2.45) is 5.92 Å². The number of aryl methyl sites for hydroxylation is 1. The second-order valence-electron chi connectivity index (χ2n) is 7.23. The van der Waals surface area contributed by atoms with E-state index in [9.17, 15) is 0 Å². The number of nitrogens with one attached hydrogen (secondary N) is 1. The zero-order chi connectivity index (χ0) is 15.3. The van der Waals surface area contributed by atoms with Crippen molar-refractivity contribution in [1.82, 2.24) is 20.4 Å². The highest BCUT2D eigenvalue weighted by molar-refractivity contribution is 4.88. The molecule has 2 rings (SSSR count). The lowest BCUT2D eigenvalue weighted by Gasteiger charge is -2.33. The van der Waals surface area contributed by atoms with Crippen LogP contribution in [0, 0.1) is 5.92 Å². The van der Waals surface area contributed by atoms with Crippen LogP contribution in [0.25, 0.3) is 0 Å². The Labute approximate surface area is 128 Å². The van der Waals surface area contributed by atoms with E-state index < -0.39 is 0 Å². The fraction of sp³-hybridized carbons (Fsp3) is 0.875. The van der Waals surface area contributed by atoms with Crippen LogP contribution in [-0.4, -0.2) is 40.2 Å². The Morgan fingerprint density at radius 1 is 1.38 bits per heavy atom. The molecule has 1 fully saturated rings. The van der Waals surface area contributed by atoms with Gasteiger partial charge in [-0.15, -0.1) is 0 Å². The number of rotatable bonds is 6. The Hall–Kier alpha value is -0.940. The van der Waals surface area contributed by atoms with Crippen molar-refractivity contribution in [3.63, 3.8) is 0 Å².